The molecule has 3 aliphatic rings. The Morgan fingerprint density at radius 3 is 1.83 bits per heavy atom. The number of carbonyl (C=O) groups is 3. The van der Waals surface area contributed by atoms with Crippen LogP contribution >= 0.6 is 0 Å². The first kappa shape index (κ1) is 46.6. The number of aromatic nitrogens is 4. The molecule has 4 aromatic heterocycles. The van der Waals surface area contributed by atoms with Gasteiger partial charge in [-0.15, -0.1) is 0 Å². The summed E-state index contributed by atoms with van der Waals surface area (Å²) in [7, 11) is 3.16. The molecule has 0 unspecified atom stereocenters. The van der Waals surface area contributed by atoms with Gasteiger partial charge in [-0.25, -0.2) is 19.6 Å². The molecule has 3 N–H and O–H groups in total. The lowest BCUT2D eigenvalue weighted by molar-refractivity contribution is -0.141. The van der Waals surface area contributed by atoms with Gasteiger partial charge in [-0.05, 0) is 64.1 Å². The highest BCUT2D eigenvalue weighted by molar-refractivity contribution is 6.19. The third-order valence-electron chi connectivity index (χ3n) is 11.5. The lowest BCUT2D eigenvalue weighted by Gasteiger charge is -2.29. The molecule has 1 saturated heterocycles. The Morgan fingerprint density at radius 2 is 1.28 bits per heavy atom. The number of methoxy groups -OCH3 is 2. The van der Waals surface area contributed by atoms with E-state index in [1.165, 1.54) is 0 Å². The Labute approximate surface area is 379 Å². The van der Waals surface area contributed by atoms with E-state index in [0.717, 1.165) is 66.2 Å². The summed E-state index contributed by atoms with van der Waals surface area (Å²) in [5.41, 5.74) is 6.80. The van der Waals surface area contributed by atoms with Crippen molar-refractivity contribution in [3.05, 3.63) is 89.0 Å². The standard InChI is InChI=1S/C31H38N4O6.C18H23N3O3/c1-20(2)41-30(37)23-18-35(19-31(3,4)26-27(23)32-24-10-11-25(38-5)33-28(24)26)29(36)21-6-8-22(9-7-21)40-17-14-34-12-15-39-16-13-34;1-10(2)24-17(22)11-8-19-9-18(3,4)14-15(11)20-12-6-7-13(23-5)21-16(12)14/h6-11,18,20,32H,12-17,19H2,1-5H3;6-8,10,19-20H,9H2,1-5H3. The molecule has 0 aliphatic carbocycles. The van der Waals surface area contributed by atoms with Gasteiger partial charge in [-0.1, -0.05) is 27.7 Å². The molecule has 0 spiro atoms. The van der Waals surface area contributed by atoms with Gasteiger partial charge in [0.1, 0.15) is 12.4 Å². The fraction of sp³-hybridized carbons (Fsp3) is 0.449. The number of aromatic amines is 2. The highest BCUT2D eigenvalue weighted by atomic mass is 16.5. The van der Waals surface area contributed by atoms with Crippen molar-refractivity contribution in [2.24, 2.45) is 0 Å². The summed E-state index contributed by atoms with van der Waals surface area (Å²) in [6, 6.07) is 14.5. The highest BCUT2D eigenvalue weighted by Crippen LogP contribution is 2.41. The van der Waals surface area contributed by atoms with E-state index < -0.39 is 11.4 Å². The number of rotatable bonds is 11. The smallest absolute Gasteiger partial charge is 0.342 e. The Hall–Kier alpha value is -6.39. The molecule has 16 nitrogen and oxygen atoms in total. The SMILES string of the molecule is COc1ccc2[nH]c3c(c2n1)C(C)(C)CN(C(=O)c1ccc(OCCN2CCOCC2)cc1)C=C3C(=O)OC(C)C.COc1ccc2[nH]c3c(c2n1)C(C)(C)CNC=C3C(=O)OC(C)C. The van der Waals surface area contributed by atoms with E-state index in [1.807, 2.05) is 39.8 Å². The number of hydrogen-bond acceptors (Lipinski definition) is 13. The Morgan fingerprint density at radius 1 is 0.738 bits per heavy atom. The normalized spacial score (nSPS) is 16.8. The zero-order chi connectivity index (χ0) is 46.6. The number of H-pyrrole nitrogens is 2. The molecule has 5 aromatic rings. The number of esters is 2. The average molecular weight is 892 g/mol. The zero-order valence-corrected chi connectivity index (χ0v) is 39.0. The van der Waals surface area contributed by atoms with Crippen LogP contribution in [0, 0.1) is 0 Å². The summed E-state index contributed by atoms with van der Waals surface area (Å²) in [6.45, 7) is 21.3. The van der Waals surface area contributed by atoms with Crippen LogP contribution in [-0.2, 0) is 34.6 Å². The first-order valence-electron chi connectivity index (χ1n) is 22.1. The molecular formula is C49H61N7O9. The van der Waals surface area contributed by atoms with Gasteiger partial charge in [0, 0.05) is 84.8 Å². The summed E-state index contributed by atoms with van der Waals surface area (Å²) >= 11 is 0. The van der Waals surface area contributed by atoms with Crippen LogP contribution in [0.25, 0.3) is 33.2 Å². The highest BCUT2D eigenvalue weighted by Gasteiger charge is 2.39. The topological polar surface area (TPSA) is 182 Å². The lowest BCUT2D eigenvalue weighted by Crippen LogP contribution is -2.38. The van der Waals surface area contributed by atoms with Crippen molar-refractivity contribution in [1.29, 1.82) is 0 Å². The fourth-order valence-corrected chi connectivity index (χ4v) is 8.36. The first-order valence-corrected chi connectivity index (χ1v) is 22.1. The van der Waals surface area contributed by atoms with Crippen LogP contribution in [0.4, 0.5) is 0 Å². The summed E-state index contributed by atoms with van der Waals surface area (Å²) in [4.78, 5) is 59.6. The largest absolute Gasteiger partial charge is 0.492 e. The molecule has 8 rings (SSSR count). The Kier molecular flexibility index (Phi) is 13.9. The maximum atomic E-state index is 13.8. The third kappa shape index (κ3) is 10.3. The number of pyridine rings is 2. The Balaban J connectivity index is 0.000000223. The molecule has 3 aliphatic heterocycles. The third-order valence-corrected chi connectivity index (χ3v) is 11.5. The summed E-state index contributed by atoms with van der Waals surface area (Å²) in [5.74, 6) is 0.619. The van der Waals surface area contributed by atoms with Crippen LogP contribution in [0.2, 0.25) is 0 Å². The van der Waals surface area contributed by atoms with Gasteiger partial charge in [0.05, 0.1) is 84.2 Å². The van der Waals surface area contributed by atoms with Crippen molar-refractivity contribution in [3.63, 3.8) is 0 Å². The van der Waals surface area contributed by atoms with Crippen molar-refractivity contribution < 1.29 is 42.8 Å². The van der Waals surface area contributed by atoms with E-state index in [4.69, 9.17) is 33.4 Å². The van der Waals surface area contributed by atoms with E-state index in [9.17, 15) is 14.4 Å². The second kappa shape index (κ2) is 19.4. The minimum Gasteiger partial charge on any atom is -0.492 e. The molecule has 1 amide bonds. The summed E-state index contributed by atoms with van der Waals surface area (Å²) in [5, 5.41) is 3.23. The van der Waals surface area contributed by atoms with Crippen LogP contribution in [-0.4, -0.2) is 127 Å². The molecule has 7 heterocycles. The monoisotopic (exact) mass is 891 g/mol. The Bertz CT molecular complexity index is 2600. The second-order valence-corrected chi connectivity index (χ2v) is 18.2. The number of nitrogens with one attached hydrogen (secondary N) is 3. The number of carbonyl (C=O) groups excluding carboxylic acids is 3. The molecule has 16 heteroatoms. The lowest BCUT2D eigenvalue weighted by atomic mass is 9.83. The average Bonchev–Trinajstić information content (AvgIpc) is 3.78. The van der Waals surface area contributed by atoms with E-state index in [-0.39, 0.29) is 35.1 Å². The summed E-state index contributed by atoms with van der Waals surface area (Å²) in [6.07, 6.45) is 2.82. The van der Waals surface area contributed by atoms with Crippen LogP contribution in [0.5, 0.6) is 17.5 Å². The van der Waals surface area contributed by atoms with Gasteiger partial charge in [0.2, 0.25) is 11.8 Å². The first-order chi connectivity index (χ1) is 31.0. The van der Waals surface area contributed by atoms with Crippen LogP contribution in [0.1, 0.15) is 88.3 Å². The number of amides is 1. The second-order valence-electron chi connectivity index (χ2n) is 18.2. The van der Waals surface area contributed by atoms with Gasteiger partial charge < -0.3 is 48.6 Å². The molecule has 0 bridgehead atoms. The fourth-order valence-electron chi connectivity index (χ4n) is 8.36. The quantitative estimate of drug-likeness (QED) is 0.119. The van der Waals surface area contributed by atoms with Gasteiger partial charge in [0.25, 0.3) is 5.91 Å². The number of ether oxygens (including phenoxy) is 6. The van der Waals surface area contributed by atoms with E-state index in [1.54, 1.807) is 81.8 Å². The molecule has 65 heavy (non-hydrogen) atoms. The van der Waals surface area contributed by atoms with Crippen molar-refractivity contribution in [3.8, 4) is 17.5 Å². The van der Waals surface area contributed by atoms with Crippen molar-refractivity contribution >= 4 is 51.1 Å². The molecule has 0 saturated carbocycles. The van der Waals surface area contributed by atoms with Gasteiger partial charge in [-0.2, -0.15) is 0 Å². The van der Waals surface area contributed by atoms with Gasteiger partial charge in [-0.3, -0.25) is 9.69 Å². The number of nitrogens with zero attached hydrogens (tertiary/aromatic N) is 4. The van der Waals surface area contributed by atoms with Crippen LogP contribution in [0.3, 0.4) is 0 Å². The maximum absolute atomic E-state index is 13.8. The van der Waals surface area contributed by atoms with E-state index in [2.05, 4.69) is 39.0 Å². The number of fused-ring (bicyclic) bond motifs is 6. The predicted octanol–water partition coefficient (Wildman–Crippen LogP) is 6.75. The number of benzene rings is 1. The number of morpholine rings is 1. The predicted molar refractivity (Wildman–Crippen MR) is 248 cm³/mol. The maximum Gasteiger partial charge on any atom is 0.342 e. The van der Waals surface area contributed by atoms with Crippen molar-refractivity contribution in [2.75, 3.05) is 66.8 Å². The molecule has 0 radical (unpaired) electrons. The van der Waals surface area contributed by atoms with E-state index >= 15 is 0 Å². The van der Waals surface area contributed by atoms with Crippen LogP contribution < -0.4 is 19.5 Å². The minimum absolute atomic E-state index is 0.180. The number of hydrogen-bond donors (Lipinski definition) is 3. The molecule has 346 valence electrons. The molecular weight excluding hydrogens is 831 g/mol. The van der Waals surface area contributed by atoms with Gasteiger partial charge >= 0.3 is 11.9 Å². The van der Waals surface area contributed by atoms with E-state index in [0.29, 0.717) is 59.6 Å². The van der Waals surface area contributed by atoms with Crippen molar-refractivity contribution in [2.45, 2.75) is 78.4 Å². The zero-order valence-electron chi connectivity index (χ0n) is 39.0. The minimum atomic E-state index is -0.568. The molecule has 0 atom stereocenters. The van der Waals surface area contributed by atoms with Gasteiger partial charge in [0.15, 0.2) is 0 Å². The molecule has 1 aromatic carbocycles. The summed E-state index contributed by atoms with van der Waals surface area (Å²) < 4.78 is 33.0. The van der Waals surface area contributed by atoms with Crippen LogP contribution in [0.15, 0.2) is 60.9 Å². The molecule has 1 fully saturated rings. The van der Waals surface area contributed by atoms with Crippen molar-refractivity contribution in [1.82, 2.24) is 35.1 Å².